The summed E-state index contributed by atoms with van der Waals surface area (Å²) in [6.45, 7) is 4.49. The van der Waals surface area contributed by atoms with Crippen molar-refractivity contribution < 1.29 is 24.6 Å². The van der Waals surface area contributed by atoms with Gasteiger partial charge in [0.1, 0.15) is 5.70 Å². The van der Waals surface area contributed by atoms with Crippen molar-refractivity contribution >= 4 is 30.0 Å². The van der Waals surface area contributed by atoms with E-state index in [-0.39, 0.29) is 28.8 Å². The summed E-state index contributed by atoms with van der Waals surface area (Å²) in [5.41, 5.74) is 2.94. The summed E-state index contributed by atoms with van der Waals surface area (Å²) in [4.78, 5) is 36.6. The van der Waals surface area contributed by atoms with Crippen molar-refractivity contribution in [3.8, 4) is 0 Å². The Morgan fingerprint density at radius 1 is 1.52 bits per heavy atom. The van der Waals surface area contributed by atoms with Crippen molar-refractivity contribution in [2.75, 3.05) is 13.1 Å². The number of thioether (sulfide) groups is 1. The molecule has 2 amide bonds. The second-order valence-electron chi connectivity index (χ2n) is 6.13. The maximum Gasteiger partial charge on any atom is 0.353 e. The first-order chi connectivity index (χ1) is 10.9. The molecule has 0 aromatic carbocycles. The van der Waals surface area contributed by atoms with Crippen LogP contribution < -0.4 is 5.43 Å². The molecule has 3 aliphatic rings. The van der Waals surface area contributed by atoms with Gasteiger partial charge in [-0.25, -0.2) is 10.2 Å². The van der Waals surface area contributed by atoms with E-state index in [9.17, 15) is 24.6 Å². The minimum Gasteiger partial charge on any atom is -0.477 e. The molecular weight excluding hydrogens is 322 g/mol. The number of nitrogens with one attached hydrogen (secondary N) is 1. The van der Waals surface area contributed by atoms with Gasteiger partial charge < -0.3 is 15.1 Å². The minimum atomic E-state index is -1.13. The van der Waals surface area contributed by atoms with E-state index in [0.717, 1.165) is 0 Å². The second kappa shape index (κ2) is 5.81. The molecule has 2 fully saturated rings. The molecule has 8 nitrogen and oxygen atoms in total. The zero-order valence-corrected chi connectivity index (χ0v) is 13.6. The molecule has 9 heteroatoms. The van der Waals surface area contributed by atoms with E-state index >= 15 is 0 Å². The topological polar surface area (TPSA) is 110 Å². The predicted molar refractivity (Wildman–Crippen MR) is 81.8 cm³/mol. The molecule has 23 heavy (non-hydrogen) atoms. The molecule has 5 atom stereocenters. The molecule has 0 aliphatic carbocycles. The molecule has 0 unspecified atom stereocenters. The SMILES string of the molecule is C[C@@H](O)[C@H]1C(=O)N2C(C(=O)O)=C(S[C@@H]3CNN(C=O)C3)[C@H](C)[C@H]12. The third kappa shape index (κ3) is 2.43. The Morgan fingerprint density at radius 2 is 2.22 bits per heavy atom. The average molecular weight is 341 g/mol. The average Bonchev–Trinajstić information content (AvgIpc) is 3.02. The van der Waals surface area contributed by atoms with Crippen LogP contribution in [-0.4, -0.2) is 68.9 Å². The summed E-state index contributed by atoms with van der Waals surface area (Å²) in [7, 11) is 0. The maximum atomic E-state index is 12.2. The summed E-state index contributed by atoms with van der Waals surface area (Å²) < 4.78 is 0. The number of carbonyl (C=O) groups is 3. The number of nitrogens with zero attached hydrogens (tertiary/aromatic N) is 2. The number of amides is 2. The number of β-lactam (4-membered cyclic amide) rings is 1. The van der Waals surface area contributed by atoms with Gasteiger partial charge in [0, 0.05) is 22.6 Å². The molecule has 0 spiro atoms. The Hall–Kier alpha value is -1.58. The van der Waals surface area contributed by atoms with Gasteiger partial charge in [-0.1, -0.05) is 6.92 Å². The fourth-order valence-corrected chi connectivity index (χ4v) is 4.99. The standard InChI is InChI=1S/C14H19N3O5S/c1-6-10-9(7(2)19)13(20)17(10)11(14(21)22)12(6)23-8-3-15-16(4-8)5-18/h5-10,15,19H,3-4H2,1-2H3,(H,21,22)/t6-,7-,8-,9-,10-/m1/s1. The van der Waals surface area contributed by atoms with Crippen LogP contribution in [0.15, 0.2) is 10.6 Å². The van der Waals surface area contributed by atoms with Crippen molar-refractivity contribution in [1.82, 2.24) is 15.3 Å². The lowest BCUT2D eigenvalue weighted by Gasteiger charge is -2.46. The van der Waals surface area contributed by atoms with Crippen LogP contribution in [0.5, 0.6) is 0 Å². The van der Waals surface area contributed by atoms with E-state index in [1.54, 1.807) is 6.92 Å². The van der Waals surface area contributed by atoms with Gasteiger partial charge in [-0.05, 0) is 6.92 Å². The first kappa shape index (κ1) is 16.3. The lowest BCUT2D eigenvalue weighted by atomic mass is 9.79. The highest BCUT2D eigenvalue weighted by molar-refractivity contribution is 8.03. The Bertz CT molecular complexity index is 593. The molecule has 3 aliphatic heterocycles. The first-order valence-corrected chi connectivity index (χ1v) is 8.35. The van der Waals surface area contributed by atoms with Crippen LogP contribution in [0.25, 0.3) is 0 Å². The van der Waals surface area contributed by atoms with Crippen molar-refractivity contribution in [2.24, 2.45) is 11.8 Å². The number of hydrazine groups is 1. The molecule has 0 bridgehead atoms. The van der Waals surface area contributed by atoms with Gasteiger partial charge in [-0.15, -0.1) is 11.8 Å². The number of hydrogen-bond acceptors (Lipinski definition) is 6. The van der Waals surface area contributed by atoms with E-state index in [1.165, 1.54) is 21.7 Å². The fourth-order valence-electron chi connectivity index (χ4n) is 3.59. The normalized spacial score (nSPS) is 34.5. The zero-order chi connectivity index (χ0) is 16.9. The van der Waals surface area contributed by atoms with E-state index < -0.39 is 18.0 Å². The number of carbonyl (C=O) groups excluding carboxylic acids is 2. The largest absolute Gasteiger partial charge is 0.477 e. The number of carboxylic acids is 1. The maximum absolute atomic E-state index is 12.2. The number of hydrogen-bond donors (Lipinski definition) is 3. The van der Waals surface area contributed by atoms with Crippen LogP contribution in [0.4, 0.5) is 0 Å². The molecule has 3 heterocycles. The minimum absolute atomic E-state index is 0.0268. The fraction of sp³-hybridized carbons (Fsp3) is 0.643. The van der Waals surface area contributed by atoms with Crippen LogP contribution in [0.2, 0.25) is 0 Å². The third-order valence-corrected chi connectivity index (χ3v) is 6.12. The third-order valence-electron chi connectivity index (χ3n) is 4.65. The quantitative estimate of drug-likeness (QED) is 0.444. The summed E-state index contributed by atoms with van der Waals surface area (Å²) in [6.07, 6.45) is -0.102. The molecule has 3 N–H and O–H groups in total. The van der Waals surface area contributed by atoms with E-state index in [0.29, 0.717) is 24.4 Å². The first-order valence-electron chi connectivity index (χ1n) is 7.47. The lowest BCUT2D eigenvalue weighted by molar-refractivity contribution is -0.163. The number of fused-ring (bicyclic) bond motifs is 1. The molecule has 0 aromatic heterocycles. The zero-order valence-electron chi connectivity index (χ0n) is 12.8. The van der Waals surface area contributed by atoms with E-state index in [1.807, 2.05) is 6.92 Å². The Kier molecular flexibility index (Phi) is 4.11. The molecule has 2 saturated heterocycles. The second-order valence-corrected chi connectivity index (χ2v) is 7.47. The molecular formula is C14H19N3O5S. The Balaban J connectivity index is 1.85. The summed E-state index contributed by atoms with van der Waals surface area (Å²) in [5, 5.41) is 20.8. The van der Waals surface area contributed by atoms with Crippen LogP contribution in [0.1, 0.15) is 13.8 Å². The summed E-state index contributed by atoms with van der Waals surface area (Å²) >= 11 is 1.40. The Labute approximate surface area is 137 Å². The van der Waals surface area contributed by atoms with Crippen LogP contribution >= 0.6 is 11.8 Å². The molecule has 3 rings (SSSR count). The molecule has 0 radical (unpaired) electrons. The summed E-state index contributed by atoms with van der Waals surface area (Å²) in [5.74, 6) is -2.15. The van der Waals surface area contributed by atoms with Crippen LogP contribution in [0.3, 0.4) is 0 Å². The van der Waals surface area contributed by atoms with Crippen molar-refractivity contribution in [1.29, 1.82) is 0 Å². The molecule has 0 saturated carbocycles. The van der Waals surface area contributed by atoms with Gasteiger partial charge in [-0.2, -0.15) is 0 Å². The van der Waals surface area contributed by atoms with E-state index in [2.05, 4.69) is 5.43 Å². The number of carboxylic acid groups (broad SMARTS) is 1. The molecule has 126 valence electrons. The smallest absolute Gasteiger partial charge is 0.353 e. The van der Waals surface area contributed by atoms with Crippen molar-refractivity contribution in [3.05, 3.63) is 10.6 Å². The van der Waals surface area contributed by atoms with Crippen molar-refractivity contribution in [2.45, 2.75) is 31.2 Å². The van der Waals surface area contributed by atoms with Gasteiger partial charge in [0.2, 0.25) is 12.3 Å². The van der Waals surface area contributed by atoms with Gasteiger partial charge in [0.15, 0.2) is 0 Å². The van der Waals surface area contributed by atoms with Gasteiger partial charge >= 0.3 is 5.97 Å². The molecule has 0 aromatic rings. The highest BCUT2D eigenvalue weighted by Crippen LogP contribution is 2.51. The monoisotopic (exact) mass is 341 g/mol. The summed E-state index contributed by atoms with van der Waals surface area (Å²) in [6, 6.07) is -0.298. The highest BCUT2D eigenvalue weighted by atomic mass is 32.2. The van der Waals surface area contributed by atoms with E-state index in [4.69, 9.17) is 0 Å². The van der Waals surface area contributed by atoms with Gasteiger partial charge in [0.05, 0.1) is 24.6 Å². The van der Waals surface area contributed by atoms with Crippen LogP contribution in [0, 0.1) is 11.8 Å². The number of aliphatic carboxylic acids is 1. The Morgan fingerprint density at radius 3 is 2.74 bits per heavy atom. The number of aliphatic hydroxyl groups is 1. The van der Waals surface area contributed by atoms with Gasteiger partial charge in [-0.3, -0.25) is 14.6 Å². The number of rotatable bonds is 5. The van der Waals surface area contributed by atoms with Crippen LogP contribution in [-0.2, 0) is 14.4 Å². The lowest BCUT2D eigenvalue weighted by Crippen LogP contribution is -2.63. The van der Waals surface area contributed by atoms with Gasteiger partial charge in [0.25, 0.3) is 0 Å². The highest BCUT2D eigenvalue weighted by Gasteiger charge is 2.60. The predicted octanol–water partition coefficient (Wildman–Crippen LogP) is -0.781. The van der Waals surface area contributed by atoms with Crippen molar-refractivity contribution in [3.63, 3.8) is 0 Å². The number of aliphatic hydroxyl groups excluding tert-OH is 1.